The lowest BCUT2D eigenvalue weighted by Crippen LogP contribution is -2.16. The molecule has 0 unspecified atom stereocenters. The number of benzene rings is 3. The molecule has 0 aliphatic heterocycles. The summed E-state index contributed by atoms with van der Waals surface area (Å²) in [5.41, 5.74) is 1.04. The summed E-state index contributed by atoms with van der Waals surface area (Å²) in [6.45, 7) is 1.69. The minimum Gasteiger partial charge on any atom is -0.495 e. The maximum Gasteiger partial charge on any atom is 0.262 e. The molecule has 9 heteroatoms. The van der Waals surface area contributed by atoms with Crippen LogP contribution in [-0.2, 0) is 20.0 Å². The Hall–Kier alpha value is -3.04. The molecule has 152 valence electrons. The first-order chi connectivity index (χ1) is 13.7. The highest BCUT2D eigenvalue weighted by atomic mass is 32.2. The van der Waals surface area contributed by atoms with Crippen molar-refractivity contribution in [1.29, 1.82) is 0 Å². The topological polar surface area (TPSA) is 102 Å². The fourth-order valence-corrected chi connectivity index (χ4v) is 4.85. The van der Waals surface area contributed by atoms with E-state index in [4.69, 9.17) is 4.74 Å². The average molecular weight is 433 g/mol. The molecule has 3 rings (SSSR count). The fourth-order valence-electron chi connectivity index (χ4n) is 2.61. The number of sulfonamides is 2. The lowest BCUT2D eigenvalue weighted by molar-refractivity contribution is 0.417. The van der Waals surface area contributed by atoms with Crippen LogP contribution in [0.5, 0.6) is 5.75 Å². The predicted octanol–water partition coefficient (Wildman–Crippen LogP) is 3.61. The minimum atomic E-state index is -3.97. The quantitative estimate of drug-likeness (QED) is 0.594. The molecule has 0 radical (unpaired) electrons. The number of hydrogen-bond acceptors (Lipinski definition) is 5. The number of hydrogen-bond donors (Lipinski definition) is 2. The standard InChI is InChI=1S/C20H20N2O5S2/c1-15-12-13-17(29(25,26)21-18-10-6-7-11-20(18)27-2)14-19(15)22-28(23,24)16-8-4-3-5-9-16/h3-14,21-22H,1-2H3. The molecule has 3 aromatic rings. The highest BCUT2D eigenvalue weighted by Crippen LogP contribution is 2.28. The van der Waals surface area contributed by atoms with Gasteiger partial charge in [0.2, 0.25) is 0 Å². The van der Waals surface area contributed by atoms with Crippen LogP contribution < -0.4 is 14.2 Å². The van der Waals surface area contributed by atoms with Crippen molar-refractivity contribution in [3.8, 4) is 5.75 Å². The van der Waals surface area contributed by atoms with E-state index in [1.807, 2.05) is 0 Å². The van der Waals surface area contributed by atoms with Crippen molar-refractivity contribution in [2.24, 2.45) is 0 Å². The molecular weight excluding hydrogens is 412 g/mol. The number of methoxy groups -OCH3 is 1. The molecule has 0 fully saturated rings. The van der Waals surface area contributed by atoms with Crippen molar-refractivity contribution in [3.63, 3.8) is 0 Å². The first-order valence-electron chi connectivity index (χ1n) is 8.57. The lowest BCUT2D eigenvalue weighted by Gasteiger charge is -2.14. The van der Waals surface area contributed by atoms with E-state index in [2.05, 4.69) is 9.44 Å². The number of aryl methyl sites for hydroxylation is 1. The number of ether oxygens (including phenoxy) is 1. The van der Waals surface area contributed by atoms with Gasteiger partial charge in [0.05, 0.1) is 28.3 Å². The van der Waals surface area contributed by atoms with Crippen LogP contribution >= 0.6 is 0 Å². The van der Waals surface area contributed by atoms with E-state index in [1.165, 1.54) is 31.4 Å². The van der Waals surface area contributed by atoms with Crippen LogP contribution in [0.4, 0.5) is 11.4 Å². The lowest BCUT2D eigenvalue weighted by atomic mass is 10.2. The first kappa shape index (κ1) is 20.7. The summed E-state index contributed by atoms with van der Waals surface area (Å²) >= 11 is 0. The number of rotatable bonds is 7. The Morgan fingerprint density at radius 3 is 1.97 bits per heavy atom. The fraction of sp³-hybridized carbons (Fsp3) is 0.100. The molecule has 0 bridgehead atoms. The van der Waals surface area contributed by atoms with Crippen molar-refractivity contribution in [2.75, 3.05) is 16.6 Å². The maximum absolute atomic E-state index is 12.8. The molecule has 29 heavy (non-hydrogen) atoms. The molecule has 7 nitrogen and oxygen atoms in total. The van der Waals surface area contributed by atoms with Gasteiger partial charge < -0.3 is 4.74 Å². The SMILES string of the molecule is COc1ccccc1NS(=O)(=O)c1ccc(C)c(NS(=O)(=O)c2ccccc2)c1. The normalized spacial score (nSPS) is 11.7. The minimum absolute atomic E-state index is 0.0832. The van der Waals surface area contributed by atoms with E-state index in [0.717, 1.165) is 0 Å². The van der Waals surface area contributed by atoms with E-state index in [9.17, 15) is 16.8 Å². The van der Waals surface area contributed by atoms with Gasteiger partial charge in [0.15, 0.2) is 0 Å². The summed E-state index contributed by atoms with van der Waals surface area (Å²) < 4.78 is 60.9. The summed E-state index contributed by atoms with van der Waals surface area (Å²) in [4.78, 5) is -0.000394. The molecule has 0 aromatic heterocycles. The van der Waals surface area contributed by atoms with E-state index in [0.29, 0.717) is 11.3 Å². The van der Waals surface area contributed by atoms with E-state index in [-0.39, 0.29) is 21.2 Å². The van der Waals surface area contributed by atoms with Gasteiger partial charge in [-0.3, -0.25) is 9.44 Å². The Morgan fingerprint density at radius 1 is 0.690 bits per heavy atom. The zero-order chi connectivity index (χ0) is 21.1. The Bertz CT molecular complexity index is 1220. The number of para-hydroxylation sites is 2. The van der Waals surface area contributed by atoms with Crippen LogP contribution in [0.2, 0.25) is 0 Å². The second-order valence-electron chi connectivity index (χ2n) is 6.20. The monoisotopic (exact) mass is 432 g/mol. The van der Waals surface area contributed by atoms with Crippen LogP contribution in [0, 0.1) is 6.92 Å². The van der Waals surface area contributed by atoms with Gasteiger partial charge in [0.25, 0.3) is 20.0 Å². The van der Waals surface area contributed by atoms with Crippen molar-refractivity contribution in [2.45, 2.75) is 16.7 Å². The molecule has 2 N–H and O–H groups in total. The Kier molecular flexibility index (Phi) is 5.81. The maximum atomic E-state index is 12.8. The molecule has 3 aromatic carbocycles. The van der Waals surface area contributed by atoms with Gasteiger partial charge in [-0.2, -0.15) is 0 Å². The van der Waals surface area contributed by atoms with Gasteiger partial charge >= 0.3 is 0 Å². The van der Waals surface area contributed by atoms with Gasteiger partial charge in [-0.25, -0.2) is 16.8 Å². The Balaban J connectivity index is 1.94. The van der Waals surface area contributed by atoms with Crippen molar-refractivity contribution >= 4 is 31.4 Å². The van der Waals surface area contributed by atoms with Crippen LogP contribution in [0.3, 0.4) is 0 Å². The van der Waals surface area contributed by atoms with E-state index in [1.54, 1.807) is 55.5 Å². The van der Waals surface area contributed by atoms with Gasteiger partial charge in [-0.15, -0.1) is 0 Å². The molecule has 0 aliphatic rings. The summed E-state index contributed by atoms with van der Waals surface area (Å²) in [7, 11) is -6.38. The summed E-state index contributed by atoms with van der Waals surface area (Å²) in [5, 5.41) is 0. The smallest absolute Gasteiger partial charge is 0.262 e. The second-order valence-corrected chi connectivity index (χ2v) is 9.57. The molecule has 0 atom stereocenters. The third-order valence-corrected chi connectivity index (χ3v) is 6.91. The zero-order valence-electron chi connectivity index (χ0n) is 15.8. The highest BCUT2D eigenvalue weighted by molar-refractivity contribution is 7.93. The van der Waals surface area contributed by atoms with Crippen LogP contribution in [0.25, 0.3) is 0 Å². The van der Waals surface area contributed by atoms with E-state index >= 15 is 0 Å². The van der Waals surface area contributed by atoms with Crippen molar-refractivity contribution < 1.29 is 21.6 Å². The zero-order valence-corrected chi connectivity index (χ0v) is 17.4. The van der Waals surface area contributed by atoms with E-state index < -0.39 is 20.0 Å². The Labute approximate surface area is 170 Å². The Morgan fingerprint density at radius 2 is 1.28 bits per heavy atom. The third kappa shape index (κ3) is 4.69. The molecular formula is C20H20N2O5S2. The summed E-state index contributed by atoms with van der Waals surface area (Å²) in [5.74, 6) is 0.369. The average Bonchev–Trinajstić information content (AvgIpc) is 2.70. The molecule has 0 saturated heterocycles. The molecule has 0 heterocycles. The van der Waals surface area contributed by atoms with Crippen molar-refractivity contribution in [1.82, 2.24) is 0 Å². The highest BCUT2D eigenvalue weighted by Gasteiger charge is 2.20. The van der Waals surface area contributed by atoms with Gasteiger partial charge in [0.1, 0.15) is 5.75 Å². The van der Waals surface area contributed by atoms with Gasteiger partial charge in [-0.1, -0.05) is 36.4 Å². The molecule has 0 aliphatic carbocycles. The van der Waals surface area contributed by atoms with Crippen molar-refractivity contribution in [3.05, 3.63) is 78.4 Å². The van der Waals surface area contributed by atoms with Gasteiger partial charge in [-0.05, 0) is 48.9 Å². The van der Waals surface area contributed by atoms with Crippen LogP contribution in [0.1, 0.15) is 5.56 Å². The van der Waals surface area contributed by atoms with Crippen LogP contribution in [0.15, 0.2) is 82.6 Å². The first-order valence-corrected chi connectivity index (χ1v) is 11.5. The largest absolute Gasteiger partial charge is 0.495 e. The second kappa shape index (κ2) is 8.14. The predicted molar refractivity (Wildman–Crippen MR) is 112 cm³/mol. The van der Waals surface area contributed by atoms with Gasteiger partial charge in [0, 0.05) is 0 Å². The number of anilines is 2. The molecule has 0 spiro atoms. The van der Waals surface area contributed by atoms with Crippen LogP contribution in [-0.4, -0.2) is 23.9 Å². The number of nitrogens with one attached hydrogen (secondary N) is 2. The summed E-state index contributed by atoms with van der Waals surface area (Å²) in [6, 6.07) is 18.7. The summed E-state index contributed by atoms with van der Waals surface area (Å²) in [6.07, 6.45) is 0. The molecule has 0 amide bonds. The molecule has 0 saturated carbocycles. The third-order valence-electron chi connectivity index (χ3n) is 4.17.